The van der Waals surface area contributed by atoms with Crippen LogP contribution in [0.1, 0.15) is 6.92 Å². The third-order valence-corrected chi connectivity index (χ3v) is 1.77. The first-order chi connectivity index (χ1) is 4.22. The molecule has 3 nitrogen and oxygen atoms in total. The highest BCUT2D eigenvalue weighted by atomic mass is 35.5. The van der Waals surface area contributed by atoms with Gasteiger partial charge in [0.25, 0.3) is 0 Å². The standard InChI is InChI=1S/C6H12N2O.ClH/c1-5-3-7-4-6(9)8(5)2;/h5,7H,3-4H2,1-2H3;1H/t5-;/m0./s1. The molecule has 0 bridgehead atoms. The molecule has 0 aromatic rings. The zero-order valence-corrected chi connectivity index (χ0v) is 7.07. The SMILES string of the molecule is C[C@H]1CNCC(=O)N1C.Cl. The highest BCUT2D eigenvalue weighted by molar-refractivity contribution is 5.85. The molecule has 0 aromatic heterocycles. The summed E-state index contributed by atoms with van der Waals surface area (Å²) in [7, 11) is 1.84. The number of amides is 1. The molecule has 1 atom stereocenters. The summed E-state index contributed by atoms with van der Waals surface area (Å²) in [5, 5.41) is 3.02. The van der Waals surface area contributed by atoms with E-state index in [9.17, 15) is 4.79 Å². The average Bonchev–Trinajstić information content (AvgIpc) is 1.83. The number of hydrogen-bond donors (Lipinski definition) is 1. The van der Waals surface area contributed by atoms with E-state index < -0.39 is 0 Å². The van der Waals surface area contributed by atoms with Gasteiger partial charge in [-0.2, -0.15) is 0 Å². The van der Waals surface area contributed by atoms with Crippen molar-refractivity contribution in [3.63, 3.8) is 0 Å². The van der Waals surface area contributed by atoms with Crippen molar-refractivity contribution >= 4 is 18.3 Å². The predicted octanol–water partition coefficient (Wildman–Crippen LogP) is -0.142. The zero-order chi connectivity index (χ0) is 6.85. The van der Waals surface area contributed by atoms with E-state index in [4.69, 9.17) is 0 Å². The zero-order valence-electron chi connectivity index (χ0n) is 6.26. The number of halogens is 1. The summed E-state index contributed by atoms with van der Waals surface area (Å²) in [6.45, 7) is 3.45. The van der Waals surface area contributed by atoms with Gasteiger partial charge in [-0.15, -0.1) is 12.4 Å². The predicted molar refractivity (Wildman–Crippen MR) is 42.3 cm³/mol. The Bertz CT molecular complexity index is 129. The van der Waals surface area contributed by atoms with Crippen molar-refractivity contribution in [2.24, 2.45) is 0 Å². The summed E-state index contributed by atoms with van der Waals surface area (Å²) < 4.78 is 0. The highest BCUT2D eigenvalue weighted by Gasteiger charge is 2.19. The van der Waals surface area contributed by atoms with Gasteiger partial charge >= 0.3 is 0 Å². The van der Waals surface area contributed by atoms with Crippen LogP contribution in [0.4, 0.5) is 0 Å². The van der Waals surface area contributed by atoms with Crippen LogP contribution in [0, 0.1) is 0 Å². The van der Waals surface area contributed by atoms with Gasteiger partial charge in [-0.25, -0.2) is 0 Å². The second kappa shape index (κ2) is 3.78. The fraction of sp³-hybridized carbons (Fsp3) is 0.833. The summed E-state index contributed by atoms with van der Waals surface area (Å²) in [5.74, 6) is 0.189. The fourth-order valence-electron chi connectivity index (χ4n) is 0.895. The Morgan fingerprint density at radius 2 is 2.30 bits per heavy atom. The minimum absolute atomic E-state index is 0. The van der Waals surface area contributed by atoms with Crippen LogP contribution in [0.5, 0.6) is 0 Å². The van der Waals surface area contributed by atoms with Gasteiger partial charge in [0.2, 0.25) is 5.91 Å². The quantitative estimate of drug-likeness (QED) is 0.541. The Hall–Kier alpha value is -0.280. The lowest BCUT2D eigenvalue weighted by Gasteiger charge is -2.29. The van der Waals surface area contributed by atoms with Gasteiger partial charge in [-0.3, -0.25) is 4.79 Å². The van der Waals surface area contributed by atoms with Crippen LogP contribution in [-0.2, 0) is 4.79 Å². The number of nitrogens with one attached hydrogen (secondary N) is 1. The average molecular weight is 165 g/mol. The van der Waals surface area contributed by atoms with E-state index in [0.29, 0.717) is 12.6 Å². The van der Waals surface area contributed by atoms with Crippen molar-refractivity contribution in [2.75, 3.05) is 20.1 Å². The maximum Gasteiger partial charge on any atom is 0.236 e. The molecule has 0 unspecified atom stereocenters. The second-order valence-electron chi connectivity index (χ2n) is 2.48. The molecule has 10 heavy (non-hydrogen) atoms. The van der Waals surface area contributed by atoms with Gasteiger partial charge < -0.3 is 10.2 Å². The Morgan fingerprint density at radius 3 is 2.70 bits per heavy atom. The minimum atomic E-state index is 0. The number of likely N-dealkylation sites (N-methyl/N-ethyl adjacent to an activating group) is 1. The van der Waals surface area contributed by atoms with Gasteiger partial charge in [-0.1, -0.05) is 0 Å². The smallest absolute Gasteiger partial charge is 0.236 e. The molecule has 0 aromatic carbocycles. The summed E-state index contributed by atoms with van der Waals surface area (Å²) in [6.07, 6.45) is 0. The number of carbonyl (C=O) groups is 1. The molecule has 1 aliphatic heterocycles. The minimum Gasteiger partial charge on any atom is -0.341 e. The first-order valence-corrected chi connectivity index (χ1v) is 3.18. The molecule has 0 radical (unpaired) electrons. The van der Waals surface area contributed by atoms with Crippen molar-refractivity contribution in [3.05, 3.63) is 0 Å². The van der Waals surface area contributed by atoms with Crippen molar-refractivity contribution in [3.8, 4) is 0 Å². The van der Waals surface area contributed by atoms with Crippen LogP contribution < -0.4 is 5.32 Å². The first-order valence-electron chi connectivity index (χ1n) is 3.18. The lowest BCUT2D eigenvalue weighted by Crippen LogP contribution is -2.51. The highest BCUT2D eigenvalue weighted by Crippen LogP contribution is 1.98. The molecule has 1 fully saturated rings. The van der Waals surface area contributed by atoms with E-state index in [2.05, 4.69) is 5.32 Å². The van der Waals surface area contributed by atoms with Crippen molar-refractivity contribution in [2.45, 2.75) is 13.0 Å². The summed E-state index contributed by atoms with van der Waals surface area (Å²) in [6, 6.07) is 0.353. The third kappa shape index (κ3) is 1.85. The van der Waals surface area contributed by atoms with Gasteiger partial charge in [0.05, 0.1) is 6.54 Å². The van der Waals surface area contributed by atoms with Crippen LogP contribution in [0.15, 0.2) is 0 Å². The van der Waals surface area contributed by atoms with Crippen LogP contribution in [0.25, 0.3) is 0 Å². The van der Waals surface area contributed by atoms with Crippen LogP contribution in [0.3, 0.4) is 0 Å². The maximum absolute atomic E-state index is 10.9. The fourth-order valence-corrected chi connectivity index (χ4v) is 0.895. The number of piperazine rings is 1. The maximum atomic E-state index is 10.9. The molecule has 1 heterocycles. The van der Waals surface area contributed by atoms with E-state index in [1.54, 1.807) is 4.90 Å². The van der Waals surface area contributed by atoms with E-state index in [-0.39, 0.29) is 18.3 Å². The molecule has 60 valence electrons. The normalized spacial score (nSPS) is 26.0. The molecule has 1 N–H and O–H groups in total. The molecule has 1 saturated heterocycles. The largest absolute Gasteiger partial charge is 0.341 e. The lowest BCUT2D eigenvalue weighted by molar-refractivity contribution is -0.132. The summed E-state index contributed by atoms with van der Waals surface area (Å²) in [5.41, 5.74) is 0. The first kappa shape index (κ1) is 9.72. The van der Waals surface area contributed by atoms with Crippen molar-refractivity contribution in [1.29, 1.82) is 0 Å². The number of rotatable bonds is 0. The molecule has 0 spiro atoms. The van der Waals surface area contributed by atoms with Crippen LogP contribution in [-0.4, -0.2) is 37.0 Å². The number of hydrogen-bond acceptors (Lipinski definition) is 2. The van der Waals surface area contributed by atoms with Gasteiger partial charge in [0.1, 0.15) is 0 Å². The Kier molecular flexibility index (Phi) is 3.68. The third-order valence-electron chi connectivity index (χ3n) is 1.77. The van der Waals surface area contributed by atoms with E-state index in [1.807, 2.05) is 14.0 Å². The number of nitrogens with zero attached hydrogens (tertiary/aromatic N) is 1. The van der Waals surface area contributed by atoms with Crippen LogP contribution in [0.2, 0.25) is 0 Å². The van der Waals surface area contributed by atoms with E-state index in [1.165, 1.54) is 0 Å². The van der Waals surface area contributed by atoms with Gasteiger partial charge in [-0.05, 0) is 6.92 Å². The molecule has 0 aliphatic carbocycles. The molecule has 0 saturated carbocycles. The monoisotopic (exact) mass is 164 g/mol. The van der Waals surface area contributed by atoms with Crippen LogP contribution >= 0.6 is 12.4 Å². The van der Waals surface area contributed by atoms with Gasteiger partial charge in [0, 0.05) is 19.6 Å². The lowest BCUT2D eigenvalue weighted by atomic mass is 10.2. The second-order valence-corrected chi connectivity index (χ2v) is 2.48. The van der Waals surface area contributed by atoms with Crippen molar-refractivity contribution < 1.29 is 4.79 Å². The molecule has 1 amide bonds. The molecular weight excluding hydrogens is 152 g/mol. The molecular formula is C6H13ClN2O. The Labute approximate surface area is 67.2 Å². The van der Waals surface area contributed by atoms with E-state index >= 15 is 0 Å². The van der Waals surface area contributed by atoms with Crippen molar-refractivity contribution in [1.82, 2.24) is 10.2 Å². The summed E-state index contributed by atoms with van der Waals surface area (Å²) >= 11 is 0. The molecule has 1 rings (SSSR count). The Morgan fingerprint density at radius 1 is 1.70 bits per heavy atom. The molecule has 4 heteroatoms. The van der Waals surface area contributed by atoms with E-state index in [0.717, 1.165) is 6.54 Å². The number of carbonyl (C=O) groups excluding carboxylic acids is 1. The van der Waals surface area contributed by atoms with Gasteiger partial charge in [0.15, 0.2) is 0 Å². The summed E-state index contributed by atoms with van der Waals surface area (Å²) in [4.78, 5) is 12.6. The molecule has 1 aliphatic rings. The Balaban J connectivity index is 0.000000810. The topological polar surface area (TPSA) is 32.3 Å².